The van der Waals surface area contributed by atoms with Gasteiger partial charge in [-0.1, -0.05) is 0 Å². The summed E-state index contributed by atoms with van der Waals surface area (Å²) in [6.45, 7) is -0.526. The molecule has 5 N–H and O–H groups in total. The average Bonchev–Trinajstić information content (AvgIpc) is 2.08. The third-order valence-electron chi connectivity index (χ3n) is 1.87. The molecule has 5 atom stereocenters. The predicted molar refractivity (Wildman–Crippen MR) is 36.0 cm³/mol. The van der Waals surface area contributed by atoms with Gasteiger partial charge in [0.05, 0.1) is 6.61 Å². The molecule has 0 saturated carbocycles. The molecule has 1 aliphatic heterocycles. The quantitative estimate of drug-likeness (QED) is 0.272. The van der Waals surface area contributed by atoms with Gasteiger partial charge in [0.15, 0.2) is 6.29 Å². The molecule has 1 aliphatic rings. The molecule has 1 saturated heterocycles. The topological polar surface area (TPSA) is 110 Å². The Kier molecular flexibility index (Phi) is 2.99. The first-order valence-electron chi connectivity index (χ1n) is 3.56. The van der Waals surface area contributed by atoms with Crippen LogP contribution in [0.5, 0.6) is 0 Å². The van der Waals surface area contributed by atoms with Gasteiger partial charge in [-0.3, -0.25) is 0 Å². The molecular formula is C6H12O6. The van der Waals surface area contributed by atoms with Gasteiger partial charge in [0.1, 0.15) is 24.4 Å². The van der Waals surface area contributed by atoms with Gasteiger partial charge in [-0.15, -0.1) is 0 Å². The highest BCUT2D eigenvalue weighted by atomic mass is 16.7. The lowest BCUT2D eigenvalue weighted by Crippen LogP contribution is -2.58. The summed E-state index contributed by atoms with van der Waals surface area (Å²) in [6, 6.07) is 0. The maximum atomic E-state index is 9.12. The summed E-state index contributed by atoms with van der Waals surface area (Å²) in [4.78, 5) is 0. The van der Waals surface area contributed by atoms with Crippen molar-refractivity contribution < 1.29 is 30.3 Å². The Morgan fingerprint density at radius 2 is 1.50 bits per heavy atom. The van der Waals surface area contributed by atoms with Crippen LogP contribution in [0.25, 0.3) is 0 Å². The van der Waals surface area contributed by atoms with E-state index < -0.39 is 37.3 Å². The Labute approximate surface area is 68.6 Å². The van der Waals surface area contributed by atoms with Crippen molar-refractivity contribution in [1.29, 1.82) is 0 Å². The maximum absolute atomic E-state index is 9.12. The van der Waals surface area contributed by atoms with Crippen molar-refractivity contribution >= 4 is 0 Å². The van der Waals surface area contributed by atoms with E-state index in [0.717, 1.165) is 0 Å². The summed E-state index contributed by atoms with van der Waals surface area (Å²) < 4.78 is 4.58. The van der Waals surface area contributed by atoms with Crippen LogP contribution >= 0.6 is 0 Å². The molecule has 0 unspecified atom stereocenters. The lowest BCUT2D eigenvalue weighted by Gasteiger charge is -2.37. The molecule has 6 heteroatoms. The summed E-state index contributed by atoms with van der Waals surface area (Å²) in [5.74, 6) is 0. The molecule has 1 heterocycles. The van der Waals surface area contributed by atoms with Crippen molar-refractivity contribution in [3.05, 3.63) is 0 Å². The Hall–Kier alpha value is -0.240. The molecule has 6 nitrogen and oxygen atoms in total. The van der Waals surface area contributed by atoms with Crippen molar-refractivity contribution in [2.24, 2.45) is 0 Å². The first-order chi connectivity index (χ1) is 5.57. The summed E-state index contributed by atoms with van der Waals surface area (Å²) >= 11 is 0. The molecule has 0 aromatic rings. The van der Waals surface area contributed by atoms with Crippen LogP contribution in [0.15, 0.2) is 0 Å². The van der Waals surface area contributed by atoms with Gasteiger partial charge < -0.3 is 30.3 Å². The van der Waals surface area contributed by atoms with Gasteiger partial charge in [0, 0.05) is 0 Å². The van der Waals surface area contributed by atoms with Crippen molar-refractivity contribution in [2.75, 3.05) is 6.61 Å². The fourth-order valence-electron chi connectivity index (χ4n) is 1.08. The molecular weight excluding hydrogens is 169 g/mol. The zero-order chi connectivity index (χ0) is 9.30. The van der Waals surface area contributed by atoms with Crippen molar-refractivity contribution in [3.8, 4) is 0 Å². The lowest BCUT2D eigenvalue weighted by atomic mass is 10.1. The second-order valence-corrected chi connectivity index (χ2v) is 2.72. The van der Waals surface area contributed by atoms with Crippen LogP contribution < -0.4 is 0 Å². The van der Waals surface area contributed by atoms with E-state index in [-0.39, 0.29) is 0 Å². The van der Waals surface area contributed by atoms with Crippen molar-refractivity contribution in [2.45, 2.75) is 30.7 Å². The molecule has 0 aliphatic carbocycles. The van der Waals surface area contributed by atoms with E-state index in [1.807, 2.05) is 0 Å². The molecule has 0 amide bonds. The van der Waals surface area contributed by atoms with Gasteiger partial charge in [0.2, 0.25) is 0 Å². The molecule has 12 heavy (non-hydrogen) atoms. The van der Waals surface area contributed by atoms with Gasteiger partial charge in [-0.2, -0.15) is 0 Å². The Balaban J connectivity index is 2.63. The van der Waals surface area contributed by atoms with Gasteiger partial charge >= 0.3 is 0 Å². The first-order valence-corrected chi connectivity index (χ1v) is 3.56. The van der Waals surface area contributed by atoms with Crippen LogP contribution in [0.2, 0.25) is 0 Å². The van der Waals surface area contributed by atoms with Gasteiger partial charge in [0.25, 0.3) is 0 Å². The van der Waals surface area contributed by atoms with E-state index in [4.69, 9.17) is 25.5 Å². The summed E-state index contributed by atoms with van der Waals surface area (Å²) in [5.41, 5.74) is 0. The van der Waals surface area contributed by atoms with E-state index in [1.165, 1.54) is 0 Å². The third kappa shape index (κ3) is 1.58. The number of aliphatic hydroxyl groups is 5. The minimum absolute atomic E-state index is 0.526. The highest BCUT2D eigenvalue weighted by Crippen LogP contribution is 2.18. The number of rotatable bonds is 1. The minimum atomic E-state index is -1.57. The largest absolute Gasteiger partial charge is 0.394 e. The second-order valence-electron chi connectivity index (χ2n) is 2.72. The van der Waals surface area contributed by atoms with Crippen LogP contribution in [0.1, 0.15) is 0 Å². The summed E-state index contributed by atoms with van der Waals surface area (Å²) in [7, 11) is 0. The summed E-state index contributed by atoms with van der Waals surface area (Å²) in [5, 5.41) is 44.7. The lowest BCUT2D eigenvalue weighted by molar-refractivity contribution is -0.286. The smallest absolute Gasteiger partial charge is 0.184 e. The average molecular weight is 181 g/mol. The zero-order valence-electron chi connectivity index (χ0n) is 6.24. The second kappa shape index (κ2) is 3.65. The summed E-state index contributed by atoms with van der Waals surface area (Å²) in [6.07, 6.45) is -7.04. The van der Waals surface area contributed by atoms with Crippen LogP contribution in [0.3, 0.4) is 0 Å². The fourth-order valence-corrected chi connectivity index (χ4v) is 1.08. The van der Waals surface area contributed by atoms with Crippen LogP contribution in [-0.2, 0) is 4.74 Å². The maximum Gasteiger partial charge on any atom is 0.184 e. The van der Waals surface area contributed by atoms with E-state index in [2.05, 4.69) is 4.74 Å². The van der Waals surface area contributed by atoms with Crippen LogP contribution in [-0.4, -0.2) is 62.8 Å². The molecule has 0 aromatic carbocycles. The highest BCUT2D eigenvalue weighted by Gasteiger charge is 2.42. The number of aliphatic hydroxyl groups excluding tert-OH is 5. The van der Waals surface area contributed by atoms with E-state index in [0.29, 0.717) is 0 Å². The van der Waals surface area contributed by atoms with E-state index in [9.17, 15) is 0 Å². The molecule has 1 fully saturated rings. The standard InChI is InChI=1S/C6H12O6/c7-1-2-3(8)4(9)5(10)6(11)12-2/h2-11H,1H2/t2-,3+,4+,5-,6+/m1/s1/i5+1. The predicted octanol–water partition coefficient (Wildman–Crippen LogP) is -3.22. The highest BCUT2D eigenvalue weighted by molar-refractivity contribution is 4.87. The van der Waals surface area contributed by atoms with Crippen LogP contribution in [0, 0.1) is 0 Å². The van der Waals surface area contributed by atoms with Gasteiger partial charge in [-0.05, 0) is 0 Å². The Bertz CT molecular complexity index is 146. The monoisotopic (exact) mass is 181 g/mol. The van der Waals surface area contributed by atoms with Crippen LogP contribution in [0.4, 0.5) is 0 Å². The van der Waals surface area contributed by atoms with E-state index >= 15 is 0 Å². The molecule has 72 valence electrons. The first kappa shape index (κ1) is 9.85. The number of hydrogen-bond donors (Lipinski definition) is 5. The minimum Gasteiger partial charge on any atom is -0.394 e. The SMILES string of the molecule is OC[C@H]1O[C@H](O)[13C@H](O)[C@@H](O)[C@H]1O. The Morgan fingerprint density at radius 1 is 0.917 bits per heavy atom. The third-order valence-corrected chi connectivity index (χ3v) is 1.87. The molecule has 1 rings (SSSR count). The number of hydrogen-bond acceptors (Lipinski definition) is 6. The fraction of sp³-hybridized carbons (Fsp3) is 1.00. The Morgan fingerprint density at radius 3 is 2.00 bits per heavy atom. The van der Waals surface area contributed by atoms with Gasteiger partial charge in [-0.25, -0.2) is 0 Å². The zero-order valence-corrected chi connectivity index (χ0v) is 6.24. The molecule has 0 radical (unpaired) electrons. The van der Waals surface area contributed by atoms with E-state index in [1.54, 1.807) is 0 Å². The molecule has 0 bridgehead atoms. The van der Waals surface area contributed by atoms with Crippen molar-refractivity contribution in [1.82, 2.24) is 0 Å². The van der Waals surface area contributed by atoms with Crippen molar-refractivity contribution in [3.63, 3.8) is 0 Å². The molecule has 0 aromatic heterocycles. The molecule has 0 spiro atoms. The number of ether oxygens (including phenoxy) is 1. The normalized spacial score (nSPS) is 49.2.